The molecule has 0 amide bonds. The predicted molar refractivity (Wildman–Crippen MR) is 237 cm³/mol. The molecule has 5 nitrogen and oxygen atoms in total. The van der Waals surface area contributed by atoms with Crippen LogP contribution in [0.3, 0.4) is 0 Å². The lowest BCUT2D eigenvalue weighted by atomic mass is 9.93. The van der Waals surface area contributed by atoms with Gasteiger partial charge in [-0.25, -0.2) is 15.0 Å². The van der Waals surface area contributed by atoms with Gasteiger partial charge in [0.05, 0.1) is 22.3 Å². The molecule has 12 aromatic rings. The van der Waals surface area contributed by atoms with Crippen molar-refractivity contribution in [3.05, 3.63) is 182 Å². The first-order valence-electron chi connectivity index (χ1n) is 19.6. The third-order valence-corrected chi connectivity index (χ3v) is 12.0. The van der Waals surface area contributed by atoms with Crippen molar-refractivity contribution < 1.29 is 4.42 Å². The molecule has 3 heterocycles. The first kappa shape index (κ1) is 31.3. The minimum absolute atomic E-state index is 0.578. The van der Waals surface area contributed by atoms with Gasteiger partial charge in [-0.15, -0.1) is 0 Å². The quantitative estimate of drug-likeness (QED) is 0.180. The Bertz CT molecular complexity index is 3690. The molecule has 3 aromatic heterocycles. The van der Waals surface area contributed by atoms with Crippen LogP contribution in [-0.2, 0) is 0 Å². The van der Waals surface area contributed by atoms with Crippen molar-refractivity contribution in [2.24, 2.45) is 0 Å². The van der Waals surface area contributed by atoms with E-state index in [1.807, 2.05) is 30.3 Å². The lowest BCUT2D eigenvalue weighted by molar-refractivity contribution is 0.669. The van der Waals surface area contributed by atoms with Crippen molar-refractivity contribution in [2.75, 3.05) is 0 Å². The zero-order chi connectivity index (χ0) is 37.9. The lowest BCUT2D eigenvalue weighted by Gasteiger charge is -2.17. The number of aromatic nitrogens is 4. The molecule has 268 valence electrons. The van der Waals surface area contributed by atoms with Crippen molar-refractivity contribution in [1.29, 1.82) is 0 Å². The molecule has 0 aliphatic heterocycles. The number of hydrogen-bond acceptors (Lipinski definition) is 4. The highest BCUT2D eigenvalue weighted by molar-refractivity contribution is 6.30. The highest BCUT2D eigenvalue weighted by Crippen LogP contribution is 2.51. The second-order valence-corrected chi connectivity index (χ2v) is 15.1. The number of para-hydroxylation sites is 1. The van der Waals surface area contributed by atoms with Crippen LogP contribution >= 0.6 is 0 Å². The van der Waals surface area contributed by atoms with E-state index in [1.165, 1.54) is 43.8 Å². The average molecular weight is 739 g/mol. The van der Waals surface area contributed by atoms with Gasteiger partial charge in [0.2, 0.25) is 0 Å². The Morgan fingerprint density at radius 2 is 0.966 bits per heavy atom. The van der Waals surface area contributed by atoms with Gasteiger partial charge in [0.25, 0.3) is 0 Å². The van der Waals surface area contributed by atoms with E-state index in [9.17, 15) is 0 Å². The summed E-state index contributed by atoms with van der Waals surface area (Å²) in [6.45, 7) is 0. The van der Waals surface area contributed by atoms with Crippen LogP contribution in [0.1, 0.15) is 0 Å². The molecule has 1 aliphatic carbocycles. The fraction of sp³-hybridized carbons (Fsp3) is 0. The summed E-state index contributed by atoms with van der Waals surface area (Å²) in [6.07, 6.45) is 0. The van der Waals surface area contributed by atoms with Crippen LogP contribution < -0.4 is 0 Å². The van der Waals surface area contributed by atoms with Crippen LogP contribution in [-0.4, -0.2) is 19.5 Å². The summed E-state index contributed by atoms with van der Waals surface area (Å²) < 4.78 is 9.04. The molecule has 0 N–H and O–H groups in total. The lowest BCUT2D eigenvalue weighted by Crippen LogP contribution is -2.04. The molecular weight excluding hydrogens is 709 g/mol. The normalized spacial score (nSPS) is 12.1. The van der Waals surface area contributed by atoms with Crippen LogP contribution in [0, 0.1) is 0 Å². The van der Waals surface area contributed by atoms with Gasteiger partial charge >= 0.3 is 0 Å². The molecule has 1 aliphatic rings. The number of rotatable bonds is 4. The van der Waals surface area contributed by atoms with Crippen molar-refractivity contribution in [3.8, 4) is 62.1 Å². The summed E-state index contributed by atoms with van der Waals surface area (Å²) in [5, 5.41) is 9.15. The second-order valence-electron chi connectivity index (χ2n) is 15.1. The Hall–Kier alpha value is -7.89. The zero-order valence-corrected chi connectivity index (χ0v) is 31.0. The Morgan fingerprint density at radius 3 is 1.83 bits per heavy atom. The van der Waals surface area contributed by atoms with E-state index in [0.717, 1.165) is 66.1 Å². The SMILES string of the molecule is c1ccc(-c2nc(-c3cccc4ccccc34)nc(-c3c(-n4c5cccc6c5c5c7c(cccc7ccc54)-c4ccccc4-6)ccc4oc5ccccc5c34)n2)cc1. The minimum atomic E-state index is 0.578. The molecule has 0 saturated carbocycles. The highest BCUT2D eigenvalue weighted by Gasteiger charge is 2.28. The number of benzene rings is 9. The first-order chi connectivity index (χ1) is 28.8. The fourth-order valence-corrected chi connectivity index (χ4v) is 9.55. The summed E-state index contributed by atoms with van der Waals surface area (Å²) in [5.74, 6) is 1.80. The number of nitrogens with zero attached hydrogens (tertiary/aromatic N) is 4. The maximum atomic E-state index is 6.61. The van der Waals surface area contributed by atoms with E-state index >= 15 is 0 Å². The van der Waals surface area contributed by atoms with E-state index in [1.54, 1.807) is 0 Å². The molecule has 0 bridgehead atoms. The van der Waals surface area contributed by atoms with Crippen molar-refractivity contribution >= 4 is 65.3 Å². The van der Waals surface area contributed by atoms with Gasteiger partial charge in [0.1, 0.15) is 11.2 Å². The molecule has 0 atom stereocenters. The summed E-state index contributed by atoms with van der Waals surface area (Å²) in [7, 11) is 0. The van der Waals surface area contributed by atoms with Crippen LogP contribution in [0.2, 0.25) is 0 Å². The second kappa shape index (κ2) is 11.8. The molecule has 0 radical (unpaired) electrons. The maximum absolute atomic E-state index is 6.61. The van der Waals surface area contributed by atoms with Crippen molar-refractivity contribution in [3.63, 3.8) is 0 Å². The van der Waals surface area contributed by atoms with Gasteiger partial charge in [0, 0.05) is 32.7 Å². The number of fused-ring (bicyclic) bond motifs is 7. The smallest absolute Gasteiger partial charge is 0.166 e. The van der Waals surface area contributed by atoms with Gasteiger partial charge in [-0.1, -0.05) is 152 Å². The summed E-state index contributed by atoms with van der Waals surface area (Å²) in [6, 6.07) is 64.3. The Kier molecular flexibility index (Phi) is 6.38. The molecule has 0 saturated heterocycles. The number of hydrogen-bond donors (Lipinski definition) is 0. The van der Waals surface area contributed by atoms with Gasteiger partial charge in [-0.05, 0) is 74.1 Å². The van der Waals surface area contributed by atoms with Gasteiger partial charge in [-0.3, -0.25) is 0 Å². The Labute approximate surface area is 332 Å². The molecule has 9 aromatic carbocycles. The average Bonchev–Trinajstić information content (AvgIpc) is 3.80. The van der Waals surface area contributed by atoms with E-state index in [-0.39, 0.29) is 0 Å². The Morgan fingerprint density at radius 1 is 0.345 bits per heavy atom. The standard InChI is InChI=1S/C53H30N4O/c1-2-14-33(15-3-1)51-54-52(39-24-10-16-31-13-4-5-18-34(31)39)56-53(55-51)50-43(29-30-45-48(50)40-21-8-9-26-44(40)58-45)57-41-25-12-23-38-36-20-7-6-19-35(36)37-22-11-17-32-27-28-42(57)49(46(32)37)47(38)41/h1-30H. The molecule has 58 heavy (non-hydrogen) atoms. The van der Waals surface area contributed by atoms with Gasteiger partial charge in [-0.2, -0.15) is 0 Å². The highest BCUT2D eigenvalue weighted by atomic mass is 16.3. The molecule has 13 rings (SSSR count). The van der Waals surface area contributed by atoms with Crippen LogP contribution in [0.25, 0.3) is 127 Å². The molecule has 0 spiro atoms. The molecular formula is C53H30N4O. The summed E-state index contributed by atoms with van der Waals surface area (Å²) in [5.41, 5.74) is 12.5. The van der Waals surface area contributed by atoms with Crippen LogP contribution in [0.4, 0.5) is 0 Å². The minimum Gasteiger partial charge on any atom is -0.456 e. The van der Waals surface area contributed by atoms with Gasteiger partial charge < -0.3 is 8.98 Å². The van der Waals surface area contributed by atoms with E-state index < -0.39 is 0 Å². The van der Waals surface area contributed by atoms with Crippen molar-refractivity contribution in [2.45, 2.75) is 0 Å². The van der Waals surface area contributed by atoms with E-state index in [0.29, 0.717) is 17.5 Å². The monoisotopic (exact) mass is 738 g/mol. The zero-order valence-electron chi connectivity index (χ0n) is 31.0. The molecule has 0 fully saturated rings. The van der Waals surface area contributed by atoms with E-state index in [4.69, 9.17) is 19.4 Å². The maximum Gasteiger partial charge on any atom is 0.166 e. The predicted octanol–water partition coefficient (Wildman–Crippen LogP) is 13.8. The molecule has 0 unspecified atom stereocenters. The Balaban J connectivity index is 1.21. The largest absolute Gasteiger partial charge is 0.456 e. The third-order valence-electron chi connectivity index (χ3n) is 12.0. The van der Waals surface area contributed by atoms with Crippen LogP contribution in [0.5, 0.6) is 0 Å². The summed E-state index contributed by atoms with van der Waals surface area (Å²) in [4.78, 5) is 16.1. The van der Waals surface area contributed by atoms with Gasteiger partial charge in [0.15, 0.2) is 17.5 Å². The third kappa shape index (κ3) is 4.33. The fourth-order valence-electron chi connectivity index (χ4n) is 9.55. The van der Waals surface area contributed by atoms with Crippen molar-refractivity contribution in [1.82, 2.24) is 19.5 Å². The van der Waals surface area contributed by atoms with E-state index in [2.05, 4.69) is 156 Å². The first-order valence-corrected chi connectivity index (χ1v) is 19.6. The molecule has 5 heteroatoms. The summed E-state index contributed by atoms with van der Waals surface area (Å²) >= 11 is 0. The number of furan rings is 1. The topological polar surface area (TPSA) is 56.7 Å². The van der Waals surface area contributed by atoms with Crippen LogP contribution in [0.15, 0.2) is 186 Å².